The lowest BCUT2D eigenvalue weighted by Gasteiger charge is -2.07. The van der Waals surface area contributed by atoms with E-state index < -0.39 is 5.97 Å². The van der Waals surface area contributed by atoms with Crippen LogP contribution in [0.3, 0.4) is 0 Å². The minimum absolute atomic E-state index is 0.123. The number of benzene rings is 2. The maximum Gasteiger partial charge on any atom is 0.338 e. The van der Waals surface area contributed by atoms with Crippen molar-refractivity contribution in [3.05, 3.63) is 53.4 Å². The molecule has 1 aliphatic rings. The lowest BCUT2D eigenvalue weighted by atomic mass is 10.1. The number of carbonyl (C=O) groups is 1. The Balaban J connectivity index is 1.43. The number of hydrogen-bond donors (Lipinski definition) is 0. The summed E-state index contributed by atoms with van der Waals surface area (Å²) in [4.78, 5) is 16.5. The largest absolute Gasteiger partial charge is 0.497 e. The third kappa shape index (κ3) is 3.41. The number of aryl methyl sites for hydroxylation is 1. The van der Waals surface area contributed by atoms with Crippen LogP contribution in [0.25, 0.3) is 11.4 Å². The van der Waals surface area contributed by atoms with Crippen LogP contribution >= 0.6 is 0 Å². The van der Waals surface area contributed by atoms with Gasteiger partial charge in [0, 0.05) is 5.56 Å². The smallest absolute Gasteiger partial charge is 0.338 e. The van der Waals surface area contributed by atoms with Crippen molar-refractivity contribution in [1.29, 1.82) is 0 Å². The molecule has 0 saturated carbocycles. The molecule has 0 saturated heterocycles. The molecule has 0 atom stereocenters. The summed E-state index contributed by atoms with van der Waals surface area (Å²) in [6.07, 6.45) is 0. The van der Waals surface area contributed by atoms with Gasteiger partial charge in [-0.1, -0.05) is 5.16 Å². The van der Waals surface area contributed by atoms with E-state index in [0.717, 1.165) is 5.56 Å². The van der Waals surface area contributed by atoms with E-state index in [2.05, 4.69) is 10.1 Å². The second-order valence-electron chi connectivity index (χ2n) is 5.84. The van der Waals surface area contributed by atoms with Crippen LogP contribution in [0.4, 0.5) is 0 Å². The van der Waals surface area contributed by atoms with Gasteiger partial charge in [-0.05, 0) is 48.9 Å². The quantitative estimate of drug-likeness (QED) is 0.634. The fourth-order valence-corrected chi connectivity index (χ4v) is 2.66. The molecule has 0 amide bonds. The Kier molecular flexibility index (Phi) is 4.37. The van der Waals surface area contributed by atoms with E-state index in [4.69, 9.17) is 23.5 Å². The number of ether oxygens (including phenoxy) is 4. The molecule has 2 heterocycles. The maximum atomic E-state index is 12.3. The molecule has 3 aromatic rings. The molecule has 0 spiro atoms. The first kappa shape index (κ1) is 16.9. The van der Waals surface area contributed by atoms with Crippen LogP contribution in [0, 0.1) is 6.92 Å². The standard InChI is InChI=1S/C19H16N2O6/c1-11-7-13(23-2)4-5-14(11)19(22)24-9-17-20-18(21-27-17)12-3-6-15-16(8-12)26-10-25-15/h3-8H,9-10H2,1-2H3. The summed E-state index contributed by atoms with van der Waals surface area (Å²) in [5.74, 6) is 2.07. The van der Waals surface area contributed by atoms with Crippen molar-refractivity contribution < 1.29 is 28.3 Å². The Hall–Kier alpha value is -3.55. The van der Waals surface area contributed by atoms with Crippen molar-refractivity contribution in [3.8, 4) is 28.6 Å². The molecule has 8 heteroatoms. The maximum absolute atomic E-state index is 12.3. The number of nitrogens with zero attached hydrogens (tertiary/aromatic N) is 2. The van der Waals surface area contributed by atoms with Gasteiger partial charge in [-0.3, -0.25) is 0 Å². The molecule has 0 aliphatic carbocycles. The van der Waals surface area contributed by atoms with Crippen molar-refractivity contribution in [2.75, 3.05) is 13.9 Å². The van der Waals surface area contributed by atoms with Gasteiger partial charge in [0.1, 0.15) is 5.75 Å². The number of carbonyl (C=O) groups excluding carboxylic acids is 1. The summed E-state index contributed by atoms with van der Waals surface area (Å²) in [5, 5.41) is 3.91. The van der Waals surface area contributed by atoms with E-state index >= 15 is 0 Å². The normalized spacial score (nSPS) is 12.1. The molecular formula is C19H16N2O6. The predicted octanol–water partition coefficient (Wildman–Crippen LogP) is 3.14. The first-order valence-electron chi connectivity index (χ1n) is 8.18. The Labute approximate surface area is 154 Å². The van der Waals surface area contributed by atoms with Gasteiger partial charge >= 0.3 is 5.97 Å². The van der Waals surface area contributed by atoms with E-state index in [1.54, 1.807) is 43.5 Å². The van der Waals surface area contributed by atoms with Gasteiger partial charge in [-0.2, -0.15) is 4.98 Å². The number of hydrogen-bond acceptors (Lipinski definition) is 8. The third-order valence-electron chi connectivity index (χ3n) is 4.08. The third-order valence-corrected chi connectivity index (χ3v) is 4.08. The van der Waals surface area contributed by atoms with Gasteiger partial charge in [0.25, 0.3) is 5.89 Å². The van der Waals surface area contributed by atoms with Crippen molar-refractivity contribution in [3.63, 3.8) is 0 Å². The molecule has 0 fully saturated rings. The lowest BCUT2D eigenvalue weighted by Crippen LogP contribution is -2.07. The molecule has 1 aliphatic heterocycles. The fraction of sp³-hybridized carbons (Fsp3) is 0.211. The van der Waals surface area contributed by atoms with Gasteiger partial charge in [0.2, 0.25) is 12.6 Å². The van der Waals surface area contributed by atoms with Gasteiger partial charge in [-0.15, -0.1) is 0 Å². The fourth-order valence-electron chi connectivity index (χ4n) is 2.66. The Bertz CT molecular complexity index is 998. The summed E-state index contributed by atoms with van der Waals surface area (Å²) in [5.41, 5.74) is 1.92. The minimum atomic E-state index is -0.474. The Morgan fingerprint density at radius 3 is 2.81 bits per heavy atom. The summed E-state index contributed by atoms with van der Waals surface area (Å²) in [7, 11) is 1.57. The van der Waals surface area contributed by atoms with Crippen molar-refractivity contribution in [1.82, 2.24) is 10.1 Å². The summed E-state index contributed by atoms with van der Waals surface area (Å²) >= 11 is 0. The summed E-state index contributed by atoms with van der Waals surface area (Å²) in [6, 6.07) is 10.5. The lowest BCUT2D eigenvalue weighted by molar-refractivity contribution is 0.0429. The molecule has 1 aromatic heterocycles. The molecule has 8 nitrogen and oxygen atoms in total. The average Bonchev–Trinajstić information content (AvgIpc) is 3.34. The molecular weight excluding hydrogens is 352 g/mol. The zero-order valence-corrected chi connectivity index (χ0v) is 14.7. The summed E-state index contributed by atoms with van der Waals surface area (Å²) < 4.78 is 26.2. The molecule has 0 N–H and O–H groups in total. The van der Waals surface area contributed by atoms with Gasteiger partial charge in [0.05, 0.1) is 12.7 Å². The molecule has 27 heavy (non-hydrogen) atoms. The second kappa shape index (κ2) is 6.99. The predicted molar refractivity (Wildman–Crippen MR) is 92.7 cm³/mol. The minimum Gasteiger partial charge on any atom is -0.497 e. The van der Waals surface area contributed by atoms with E-state index in [1.165, 1.54) is 0 Å². The van der Waals surface area contributed by atoms with Crippen molar-refractivity contribution in [2.24, 2.45) is 0 Å². The summed E-state index contributed by atoms with van der Waals surface area (Å²) in [6.45, 7) is 1.88. The number of rotatable bonds is 5. The second-order valence-corrected chi connectivity index (χ2v) is 5.84. The topological polar surface area (TPSA) is 92.9 Å². The van der Waals surface area contributed by atoms with Crippen LogP contribution < -0.4 is 14.2 Å². The van der Waals surface area contributed by atoms with E-state index in [1.807, 2.05) is 6.92 Å². The zero-order chi connectivity index (χ0) is 18.8. The molecule has 138 valence electrons. The molecule has 0 unspecified atom stereocenters. The van der Waals surface area contributed by atoms with Crippen LogP contribution in [0.2, 0.25) is 0 Å². The number of esters is 1. The molecule has 4 rings (SSSR count). The number of fused-ring (bicyclic) bond motifs is 1. The average molecular weight is 368 g/mol. The monoisotopic (exact) mass is 368 g/mol. The van der Waals surface area contributed by atoms with E-state index in [0.29, 0.717) is 34.2 Å². The molecule has 0 bridgehead atoms. The van der Waals surface area contributed by atoms with Crippen molar-refractivity contribution in [2.45, 2.75) is 13.5 Å². The van der Waals surface area contributed by atoms with Gasteiger partial charge in [-0.25, -0.2) is 4.79 Å². The SMILES string of the molecule is COc1ccc(C(=O)OCc2nc(-c3ccc4c(c3)OCO4)no2)c(C)c1. The van der Waals surface area contributed by atoms with Crippen LogP contribution in [-0.2, 0) is 11.3 Å². The van der Waals surface area contributed by atoms with Crippen LogP contribution in [0.15, 0.2) is 40.9 Å². The highest BCUT2D eigenvalue weighted by atomic mass is 16.7. The Morgan fingerprint density at radius 2 is 2.00 bits per heavy atom. The number of aromatic nitrogens is 2. The van der Waals surface area contributed by atoms with Crippen LogP contribution in [-0.4, -0.2) is 30.0 Å². The van der Waals surface area contributed by atoms with Gasteiger partial charge in [0.15, 0.2) is 18.1 Å². The van der Waals surface area contributed by atoms with E-state index in [9.17, 15) is 4.79 Å². The van der Waals surface area contributed by atoms with Crippen LogP contribution in [0.1, 0.15) is 21.8 Å². The highest BCUT2D eigenvalue weighted by molar-refractivity contribution is 5.91. The van der Waals surface area contributed by atoms with E-state index in [-0.39, 0.29) is 19.3 Å². The zero-order valence-electron chi connectivity index (χ0n) is 14.7. The number of methoxy groups -OCH3 is 1. The molecule has 2 aromatic carbocycles. The Morgan fingerprint density at radius 1 is 1.15 bits per heavy atom. The van der Waals surface area contributed by atoms with Gasteiger partial charge < -0.3 is 23.5 Å². The first-order chi connectivity index (χ1) is 13.1. The highest BCUT2D eigenvalue weighted by Crippen LogP contribution is 2.35. The highest BCUT2D eigenvalue weighted by Gasteiger charge is 2.18. The van der Waals surface area contributed by atoms with Crippen LogP contribution in [0.5, 0.6) is 17.2 Å². The van der Waals surface area contributed by atoms with Crippen molar-refractivity contribution >= 4 is 5.97 Å². The molecule has 0 radical (unpaired) electrons. The first-order valence-corrected chi connectivity index (χ1v) is 8.18.